The number of imidazole rings is 1. The molecule has 11 rings (SSSR count). The molecule has 0 aliphatic heterocycles. The molecule has 0 spiro atoms. The van der Waals surface area contributed by atoms with E-state index < -0.39 is 0 Å². The Bertz CT molecular complexity index is 3340. The lowest BCUT2D eigenvalue weighted by Crippen LogP contribution is -2.12. The summed E-state index contributed by atoms with van der Waals surface area (Å²) in [5.74, 6) is 1.82. The van der Waals surface area contributed by atoms with Gasteiger partial charge in [0.05, 0.1) is 27.6 Å². The van der Waals surface area contributed by atoms with E-state index in [0.717, 1.165) is 73.5 Å². The summed E-state index contributed by atoms with van der Waals surface area (Å²) in [5, 5.41) is 4.80. The fourth-order valence-corrected chi connectivity index (χ4v) is 8.84. The number of hydrogen-bond donors (Lipinski definition) is 1. The molecule has 0 fully saturated rings. The second-order valence-corrected chi connectivity index (χ2v) is 16.4. The van der Waals surface area contributed by atoms with Crippen LogP contribution in [-0.2, 0) is 11.8 Å². The lowest BCUT2D eigenvalue weighted by Gasteiger charge is -2.20. The third-order valence-corrected chi connectivity index (χ3v) is 11.7. The molecule has 4 aromatic heterocycles. The maximum absolute atomic E-state index is 5.57. The standard InChI is InChI=1S/C53H41N5/c1-53(2,3)37-28-29-54-49(33-37)58-47-31-35(30-34-14-6-4-7-15-34)24-26-41(47)42-27-25-36(32-48(42)58)39-19-13-23-46-51(39)56-52(57(46)38-16-8-5-9-17-38)44-21-12-20-43-40-18-10-11-22-45(40)55-50(43)44/h4-29,31-33,55H,30H2,1-3H3. The molecule has 0 bridgehead atoms. The molecule has 0 amide bonds. The van der Waals surface area contributed by atoms with E-state index in [1.807, 2.05) is 6.20 Å². The second kappa shape index (κ2) is 13.2. The molecule has 1 N–H and O–H groups in total. The Kier molecular flexibility index (Phi) is 7.73. The van der Waals surface area contributed by atoms with E-state index in [2.05, 4.69) is 205 Å². The van der Waals surface area contributed by atoms with E-state index in [1.165, 1.54) is 38.2 Å². The van der Waals surface area contributed by atoms with Gasteiger partial charge in [-0.25, -0.2) is 9.97 Å². The predicted molar refractivity (Wildman–Crippen MR) is 241 cm³/mol. The Morgan fingerprint density at radius 2 is 1.24 bits per heavy atom. The van der Waals surface area contributed by atoms with Gasteiger partial charge in [0.15, 0.2) is 0 Å². The van der Waals surface area contributed by atoms with Gasteiger partial charge in [0.2, 0.25) is 0 Å². The number of rotatable bonds is 6. The first-order chi connectivity index (χ1) is 28.4. The van der Waals surface area contributed by atoms with Crippen LogP contribution in [0.2, 0.25) is 0 Å². The number of fused-ring (bicyclic) bond motifs is 7. The summed E-state index contributed by atoms with van der Waals surface area (Å²) < 4.78 is 4.67. The van der Waals surface area contributed by atoms with Crippen molar-refractivity contribution in [2.45, 2.75) is 32.6 Å². The van der Waals surface area contributed by atoms with Crippen LogP contribution in [0.4, 0.5) is 0 Å². The molecule has 5 heteroatoms. The Morgan fingerprint density at radius 1 is 0.534 bits per heavy atom. The van der Waals surface area contributed by atoms with Crippen molar-refractivity contribution in [2.24, 2.45) is 0 Å². The minimum absolute atomic E-state index is 0.0256. The lowest BCUT2D eigenvalue weighted by atomic mass is 9.88. The lowest BCUT2D eigenvalue weighted by molar-refractivity contribution is 0.588. The molecular weight excluding hydrogens is 707 g/mol. The number of nitrogens with zero attached hydrogens (tertiary/aromatic N) is 4. The molecule has 58 heavy (non-hydrogen) atoms. The summed E-state index contributed by atoms with van der Waals surface area (Å²) in [4.78, 5) is 14.3. The predicted octanol–water partition coefficient (Wildman–Crippen LogP) is 13.4. The van der Waals surface area contributed by atoms with Crippen molar-refractivity contribution < 1.29 is 0 Å². The molecule has 0 saturated heterocycles. The van der Waals surface area contributed by atoms with E-state index in [-0.39, 0.29) is 5.41 Å². The van der Waals surface area contributed by atoms with Crippen LogP contribution >= 0.6 is 0 Å². The van der Waals surface area contributed by atoms with Crippen molar-refractivity contribution in [3.8, 4) is 34.0 Å². The van der Waals surface area contributed by atoms with Gasteiger partial charge in [-0.15, -0.1) is 0 Å². The Morgan fingerprint density at radius 3 is 2.07 bits per heavy atom. The Balaban J connectivity index is 1.15. The van der Waals surface area contributed by atoms with Crippen LogP contribution in [0.15, 0.2) is 176 Å². The van der Waals surface area contributed by atoms with Crippen LogP contribution in [-0.4, -0.2) is 24.1 Å². The van der Waals surface area contributed by atoms with Crippen LogP contribution in [0.25, 0.3) is 88.7 Å². The van der Waals surface area contributed by atoms with Crippen LogP contribution in [0.1, 0.15) is 37.5 Å². The maximum atomic E-state index is 5.57. The summed E-state index contributed by atoms with van der Waals surface area (Å²) in [6.45, 7) is 6.78. The smallest absolute Gasteiger partial charge is 0.147 e. The van der Waals surface area contributed by atoms with Crippen molar-refractivity contribution in [2.75, 3.05) is 0 Å². The van der Waals surface area contributed by atoms with Gasteiger partial charge in [-0.2, -0.15) is 0 Å². The molecular formula is C53H41N5. The summed E-state index contributed by atoms with van der Waals surface area (Å²) >= 11 is 0. The zero-order valence-corrected chi connectivity index (χ0v) is 32.7. The van der Waals surface area contributed by atoms with Gasteiger partial charge in [-0.3, -0.25) is 9.13 Å². The summed E-state index contributed by atoms with van der Waals surface area (Å²) in [6.07, 6.45) is 2.82. The van der Waals surface area contributed by atoms with Crippen LogP contribution < -0.4 is 0 Å². The zero-order valence-electron chi connectivity index (χ0n) is 32.7. The van der Waals surface area contributed by atoms with E-state index >= 15 is 0 Å². The highest BCUT2D eigenvalue weighted by Crippen LogP contribution is 2.41. The average Bonchev–Trinajstić information content (AvgIpc) is 3.93. The molecule has 0 aliphatic rings. The third kappa shape index (κ3) is 5.53. The van der Waals surface area contributed by atoms with E-state index in [9.17, 15) is 0 Å². The summed E-state index contributed by atoms with van der Waals surface area (Å²) in [7, 11) is 0. The van der Waals surface area contributed by atoms with Crippen molar-refractivity contribution >= 4 is 54.6 Å². The third-order valence-electron chi connectivity index (χ3n) is 11.7. The largest absolute Gasteiger partial charge is 0.354 e. The van der Waals surface area contributed by atoms with Crippen molar-refractivity contribution in [3.63, 3.8) is 0 Å². The molecule has 0 saturated carbocycles. The normalized spacial score (nSPS) is 12.1. The monoisotopic (exact) mass is 747 g/mol. The minimum Gasteiger partial charge on any atom is -0.354 e. The van der Waals surface area contributed by atoms with Gasteiger partial charge >= 0.3 is 0 Å². The Labute approximate surface area is 336 Å². The highest BCUT2D eigenvalue weighted by molar-refractivity contribution is 6.13. The highest BCUT2D eigenvalue weighted by Gasteiger charge is 2.22. The number of pyridine rings is 1. The topological polar surface area (TPSA) is 51.4 Å². The minimum atomic E-state index is -0.0256. The van der Waals surface area contributed by atoms with Gasteiger partial charge in [-0.1, -0.05) is 136 Å². The number of aromatic amines is 1. The van der Waals surface area contributed by atoms with Crippen molar-refractivity contribution in [1.29, 1.82) is 0 Å². The van der Waals surface area contributed by atoms with Crippen molar-refractivity contribution in [3.05, 3.63) is 193 Å². The first-order valence-corrected chi connectivity index (χ1v) is 20.0. The fraction of sp³-hybridized carbons (Fsp3) is 0.0943. The quantitative estimate of drug-likeness (QED) is 0.184. The number of H-pyrrole nitrogens is 1. The van der Waals surface area contributed by atoms with E-state index in [4.69, 9.17) is 9.97 Å². The molecule has 0 aliphatic carbocycles. The molecule has 5 nitrogen and oxygen atoms in total. The zero-order chi connectivity index (χ0) is 39.0. The van der Waals surface area contributed by atoms with Gasteiger partial charge in [0, 0.05) is 50.1 Å². The number of benzene rings is 7. The number of nitrogens with one attached hydrogen (secondary N) is 1. The Hall–Kier alpha value is -7.24. The molecule has 0 radical (unpaired) electrons. The number of aromatic nitrogens is 5. The van der Waals surface area contributed by atoms with Gasteiger partial charge in [0.25, 0.3) is 0 Å². The molecule has 4 heterocycles. The fourth-order valence-electron chi connectivity index (χ4n) is 8.84. The first kappa shape index (κ1) is 34.0. The second-order valence-electron chi connectivity index (χ2n) is 16.4. The summed E-state index contributed by atoms with van der Waals surface area (Å²) in [6, 6.07) is 61.1. The molecule has 0 atom stereocenters. The summed E-state index contributed by atoms with van der Waals surface area (Å²) in [5.41, 5.74) is 14.6. The van der Waals surface area contributed by atoms with Gasteiger partial charge in [-0.05, 0) is 88.7 Å². The van der Waals surface area contributed by atoms with Gasteiger partial charge < -0.3 is 4.98 Å². The van der Waals surface area contributed by atoms with E-state index in [0.29, 0.717) is 0 Å². The van der Waals surface area contributed by atoms with Crippen LogP contribution in [0.3, 0.4) is 0 Å². The van der Waals surface area contributed by atoms with Gasteiger partial charge in [0.1, 0.15) is 11.6 Å². The average molecular weight is 748 g/mol. The molecule has 7 aromatic carbocycles. The van der Waals surface area contributed by atoms with E-state index in [1.54, 1.807) is 0 Å². The molecule has 11 aromatic rings. The van der Waals surface area contributed by atoms with Crippen LogP contribution in [0.5, 0.6) is 0 Å². The molecule has 0 unspecified atom stereocenters. The first-order valence-electron chi connectivity index (χ1n) is 20.0. The SMILES string of the molecule is CC(C)(C)c1ccnc(-n2c3cc(Cc4ccccc4)ccc3c3ccc(-c4cccc5c4nc(-c4cccc6c4[nH]c4ccccc46)n5-c4ccccc4)cc32)c1. The maximum Gasteiger partial charge on any atom is 0.147 e. The number of hydrogen-bond acceptors (Lipinski definition) is 2. The van der Waals surface area contributed by atoms with Crippen molar-refractivity contribution in [1.82, 2.24) is 24.1 Å². The van der Waals surface area contributed by atoms with Crippen LogP contribution in [0, 0.1) is 0 Å². The number of para-hydroxylation sites is 4. The molecule has 278 valence electrons. The highest BCUT2D eigenvalue weighted by atomic mass is 15.1.